The normalized spacial score (nSPS) is 16.0. The minimum Gasteiger partial charge on any atom is -0.448 e. The summed E-state index contributed by atoms with van der Waals surface area (Å²) in [4.78, 5) is 12.9. The van der Waals surface area contributed by atoms with E-state index in [1.807, 2.05) is 0 Å². The second-order valence-electron chi connectivity index (χ2n) is 3.44. The Balaban J connectivity index is 2.09. The molecule has 0 aliphatic heterocycles. The Bertz CT molecular complexity index is 180. The van der Waals surface area contributed by atoms with Gasteiger partial charge >= 0.3 is 6.09 Å². The number of carbonyl (C=O) groups is 1. The molecule has 0 aromatic carbocycles. The van der Waals surface area contributed by atoms with Gasteiger partial charge in [-0.15, -0.1) is 0 Å². The first-order valence-electron chi connectivity index (χ1n) is 4.46. The predicted octanol–water partition coefficient (Wildman–Crippen LogP) is 0.0227. The Kier molecular flexibility index (Phi) is 3.50. The average Bonchev–Trinajstić information content (AvgIpc) is 2.84. The molecule has 0 heterocycles. The number of likely N-dealkylation sites (N-methyl/N-ethyl adjacent to an activating group) is 1. The number of hydrazine groups is 1. The van der Waals surface area contributed by atoms with Crippen LogP contribution < -0.4 is 5.84 Å². The fourth-order valence-corrected chi connectivity index (χ4v) is 0.990. The average molecular weight is 187 g/mol. The lowest BCUT2D eigenvalue weighted by Gasteiger charge is -2.16. The molecule has 0 unspecified atom stereocenters. The van der Waals surface area contributed by atoms with Crippen LogP contribution in [0.3, 0.4) is 0 Å². The summed E-state index contributed by atoms with van der Waals surface area (Å²) in [5, 5.41) is 1.49. The second kappa shape index (κ2) is 4.43. The molecule has 13 heavy (non-hydrogen) atoms. The Labute approximate surface area is 78.4 Å². The molecule has 0 aromatic rings. The Morgan fingerprint density at radius 1 is 1.54 bits per heavy atom. The smallest absolute Gasteiger partial charge is 0.409 e. The molecular weight excluding hydrogens is 170 g/mol. The zero-order valence-corrected chi connectivity index (χ0v) is 8.19. The summed E-state index contributed by atoms with van der Waals surface area (Å²) < 4.78 is 4.98. The molecule has 76 valence electrons. The van der Waals surface area contributed by atoms with E-state index in [0.717, 1.165) is 12.8 Å². The lowest BCUT2D eigenvalue weighted by Crippen LogP contribution is -2.34. The maximum absolute atomic E-state index is 11.3. The topological polar surface area (TPSA) is 58.8 Å². The molecule has 0 saturated heterocycles. The first-order valence-corrected chi connectivity index (χ1v) is 4.46. The number of hydrogen-bond donors (Lipinski definition) is 1. The Morgan fingerprint density at radius 2 is 2.15 bits per heavy atom. The van der Waals surface area contributed by atoms with Crippen LogP contribution in [0.5, 0.6) is 0 Å². The molecule has 0 radical (unpaired) electrons. The van der Waals surface area contributed by atoms with E-state index in [1.165, 1.54) is 5.01 Å². The monoisotopic (exact) mass is 187 g/mol. The van der Waals surface area contributed by atoms with E-state index in [9.17, 15) is 4.79 Å². The summed E-state index contributed by atoms with van der Waals surface area (Å²) >= 11 is 0. The predicted molar refractivity (Wildman–Crippen MR) is 49.0 cm³/mol. The first kappa shape index (κ1) is 10.3. The standard InChI is InChI=1S/C8H17N3O2/c1-10(9)5-6-13-8(12)11(2)7-3-4-7/h7H,3-6,9H2,1-2H3. The van der Waals surface area contributed by atoms with Gasteiger partial charge in [0.2, 0.25) is 0 Å². The lowest BCUT2D eigenvalue weighted by atomic mass is 10.6. The minimum absolute atomic E-state index is 0.246. The van der Waals surface area contributed by atoms with Crippen LogP contribution in [0.1, 0.15) is 12.8 Å². The van der Waals surface area contributed by atoms with Gasteiger partial charge in [0.15, 0.2) is 0 Å². The Hall–Kier alpha value is -0.810. The van der Waals surface area contributed by atoms with Crippen LogP contribution in [0.4, 0.5) is 4.79 Å². The molecular formula is C8H17N3O2. The minimum atomic E-state index is -0.246. The zero-order valence-electron chi connectivity index (χ0n) is 8.19. The van der Waals surface area contributed by atoms with Gasteiger partial charge in [-0.25, -0.2) is 9.80 Å². The molecule has 1 rings (SSSR count). The summed E-state index contributed by atoms with van der Waals surface area (Å²) in [5.74, 6) is 5.36. The number of amides is 1. The van der Waals surface area contributed by atoms with E-state index in [2.05, 4.69) is 0 Å². The quantitative estimate of drug-likeness (QED) is 0.498. The van der Waals surface area contributed by atoms with Crippen molar-refractivity contribution >= 4 is 6.09 Å². The SMILES string of the molecule is CN(N)CCOC(=O)N(C)C1CC1. The van der Waals surface area contributed by atoms with E-state index in [4.69, 9.17) is 10.6 Å². The highest BCUT2D eigenvalue weighted by atomic mass is 16.6. The van der Waals surface area contributed by atoms with Gasteiger partial charge in [0.1, 0.15) is 6.61 Å². The number of ether oxygens (including phenoxy) is 1. The third-order valence-corrected chi connectivity index (χ3v) is 2.05. The van der Waals surface area contributed by atoms with Crippen molar-refractivity contribution in [2.24, 2.45) is 5.84 Å². The van der Waals surface area contributed by atoms with Gasteiger partial charge < -0.3 is 9.64 Å². The van der Waals surface area contributed by atoms with Gasteiger partial charge in [0.25, 0.3) is 0 Å². The highest BCUT2D eigenvalue weighted by Crippen LogP contribution is 2.25. The van der Waals surface area contributed by atoms with Crippen molar-refractivity contribution < 1.29 is 9.53 Å². The lowest BCUT2D eigenvalue weighted by molar-refractivity contribution is 0.0995. The van der Waals surface area contributed by atoms with E-state index >= 15 is 0 Å². The van der Waals surface area contributed by atoms with Crippen molar-refractivity contribution in [2.75, 3.05) is 27.2 Å². The van der Waals surface area contributed by atoms with Crippen molar-refractivity contribution in [3.63, 3.8) is 0 Å². The third-order valence-electron chi connectivity index (χ3n) is 2.05. The summed E-state index contributed by atoms with van der Waals surface area (Å²) in [5.41, 5.74) is 0. The van der Waals surface area contributed by atoms with Crippen LogP contribution >= 0.6 is 0 Å². The summed E-state index contributed by atoms with van der Waals surface area (Å²) in [6.45, 7) is 0.910. The molecule has 1 aliphatic rings. The van der Waals surface area contributed by atoms with Crippen molar-refractivity contribution in [1.29, 1.82) is 0 Å². The van der Waals surface area contributed by atoms with Crippen LogP contribution in [-0.2, 0) is 4.74 Å². The highest BCUT2D eigenvalue weighted by molar-refractivity contribution is 5.68. The van der Waals surface area contributed by atoms with Crippen LogP contribution in [0.2, 0.25) is 0 Å². The molecule has 1 aliphatic carbocycles. The maximum Gasteiger partial charge on any atom is 0.409 e. The second-order valence-corrected chi connectivity index (χ2v) is 3.44. The number of nitrogens with two attached hydrogens (primary N) is 1. The van der Waals surface area contributed by atoms with Gasteiger partial charge in [-0.1, -0.05) is 0 Å². The highest BCUT2D eigenvalue weighted by Gasteiger charge is 2.30. The fourth-order valence-electron chi connectivity index (χ4n) is 0.990. The molecule has 0 aromatic heterocycles. The van der Waals surface area contributed by atoms with Gasteiger partial charge in [-0.05, 0) is 12.8 Å². The number of rotatable bonds is 4. The van der Waals surface area contributed by atoms with E-state index in [-0.39, 0.29) is 6.09 Å². The Morgan fingerprint density at radius 3 is 2.62 bits per heavy atom. The molecule has 1 amide bonds. The fraction of sp³-hybridized carbons (Fsp3) is 0.875. The first-order chi connectivity index (χ1) is 6.11. The van der Waals surface area contributed by atoms with Crippen LogP contribution in [0, 0.1) is 0 Å². The molecule has 1 fully saturated rings. The summed E-state index contributed by atoms with van der Waals surface area (Å²) in [7, 11) is 3.50. The molecule has 2 N–H and O–H groups in total. The summed E-state index contributed by atoms with van der Waals surface area (Å²) in [6, 6.07) is 0.406. The van der Waals surface area contributed by atoms with E-state index in [1.54, 1.807) is 19.0 Å². The number of hydrogen-bond acceptors (Lipinski definition) is 4. The van der Waals surface area contributed by atoms with Crippen LogP contribution in [0.15, 0.2) is 0 Å². The van der Waals surface area contributed by atoms with Crippen LogP contribution in [-0.4, -0.2) is 49.3 Å². The van der Waals surface area contributed by atoms with E-state index in [0.29, 0.717) is 19.2 Å². The molecule has 1 saturated carbocycles. The van der Waals surface area contributed by atoms with E-state index < -0.39 is 0 Å². The largest absolute Gasteiger partial charge is 0.448 e. The molecule has 0 atom stereocenters. The van der Waals surface area contributed by atoms with Gasteiger partial charge in [0.05, 0.1) is 0 Å². The number of carbonyl (C=O) groups excluding carboxylic acids is 1. The zero-order chi connectivity index (χ0) is 9.84. The van der Waals surface area contributed by atoms with Crippen LogP contribution in [0.25, 0.3) is 0 Å². The van der Waals surface area contributed by atoms with Gasteiger partial charge in [-0.2, -0.15) is 0 Å². The molecule has 0 spiro atoms. The summed E-state index contributed by atoms with van der Waals surface area (Å²) in [6.07, 6.45) is 1.95. The molecule has 5 nitrogen and oxygen atoms in total. The maximum atomic E-state index is 11.3. The molecule has 0 bridgehead atoms. The number of nitrogens with zero attached hydrogens (tertiary/aromatic N) is 2. The van der Waals surface area contributed by atoms with Crippen molar-refractivity contribution in [2.45, 2.75) is 18.9 Å². The van der Waals surface area contributed by atoms with Crippen molar-refractivity contribution in [3.05, 3.63) is 0 Å². The molecule has 5 heteroatoms. The van der Waals surface area contributed by atoms with Gasteiger partial charge in [0, 0.05) is 26.7 Å². The van der Waals surface area contributed by atoms with Crippen molar-refractivity contribution in [3.8, 4) is 0 Å². The third kappa shape index (κ3) is 3.61. The van der Waals surface area contributed by atoms with Gasteiger partial charge in [-0.3, -0.25) is 5.84 Å². The van der Waals surface area contributed by atoms with Crippen molar-refractivity contribution in [1.82, 2.24) is 9.91 Å².